The van der Waals surface area contributed by atoms with Crippen LogP contribution in [-0.4, -0.2) is 41.0 Å². The Kier molecular flexibility index (Phi) is 3.69. The maximum absolute atomic E-state index is 5.55. The Morgan fingerprint density at radius 3 is 2.94 bits per heavy atom. The van der Waals surface area contributed by atoms with E-state index in [4.69, 9.17) is 5.73 Å². The predicted molar refractivity (Wildman–Crippen MR) is 64.1 cm³/mol. The van der Waals surface area contributed by atoms with Crippen LogP contribution in [0.25, 0.3) is 0 Å². The van der Waals surface area contributed by atoms with E-state index in [9.17, 15) is 0 Å². The molecule has 2 heterocycles. The highest BCUT2D eigenvalue weighted by Gasteiger charge is 2.16. The molecule has 5 nitrogen and oxygen atoms in total. The molecule has 0 unspecified atom stereocenters. The molecule has 2 rings (SSSR count). The van der Waals surface area contributed by atoms with Crippen molar-refractivity contribution in [2.45, 2.75) is 25.4 Å². The lowest BCUT2D eigenvalue weighted by Crippen LogP contribution is -2.37. The van der Waals surface area contributed by atoms with Crippen molar-refractivity contribution in [1.29, 1.82) is 0 Å². The molecule has 16 heavy (non-hydrogen) atoms. The molecule has 0 aromatic carbocycles. The van der Waals surface area contributed by atoms with Gasteiger partial charge < -0.3 is 16.0 Å². The van der Waals surface area contributed by atoms with E-state index >= 15 is 0 Å². The lowest BCUT2D eigenvalue weighted by atomic mass is 10.1. The van der Waals surface area contributed by atoms with Gasteiger partial charge in [-0.1, -0.05) is 0 Å². The van der Waals surface area contributed by atoms with Gasteiger partial charge in [-0.15, -0.1) is 0 Å². The number of nitrogens with zero attached hydrogens (tertiary/aromatic N) is 3. The van der Waals surface area contributed by atoms with Crippen molar-refractivity contribution < 1.29 is 0 Å². The summed E-state index contributed by atoms with van der Waals surface area (Å²) in [6.45, 7) is 2.73. The Hall–Kier alpha value is -1.20. The largest absolute Gasteiger partial charge is 0.351 e. The van der Waals surface area contributed by atoms with E-state index in [2.05, 4.69) is 27.2 Å². The highest BCUT2D eigenvalue weighted by Crippen LogP contribution is 2.12. The lowest BCUT2D eigenvalue weighted by molar-refractivity contribution is 0.263. The molecular weight excluding hydrogens is 202 g/mol. The van der Waals surface area contributed by atoms with Crippen molar-refractivity contribution in [1.82, 2.24) is 14.9 Å². The minimum atomic E-state index is 0.463. The summed E-state index contributed by atoms with van der Waals surface area (Å²) in [5.41, 5.74) is 6.43. The zero-order valence-electron chi connectivity index (χ0n) is 9.69. The number of hydrogen-bond acceptors (Lipinski definition) is 5. The van der Waals surface area contributed by atoms with Gasteiger partial charge in [0.1, 0.15) is 0 Å². The summed E-state index contributed by atoms with van der Waals surface area (Å²) in [5, 5.41) is 3.37. The highest BCUT2D eigenvalue weighted by atomic mass is 15.2. The number of piperidine rings is 1. The van der Waals surface area contributed by atoms with E-state index in [0.717, 1.165) is 31.6 Å². The first-order chi connectivity index (χ1) is 7.78. The van der Waals surface area contributed by atoms with Gasteiger partial charge in [0.15, 0.2) is 0 Å². The van der Waals surface area contributed by atoms with Crippen molar-refractivity contribution in [2.24, 2.45) is 5.73 Å². The van der Waals surface area contributed by atoms with Gasteiger partial charge in [0, 0.05) is 18.8 Å². The average Bonchev–Trinajstić information content (AvgIpc) is 2.32. The minimum Gasteiger partial charge on any atom is -0.351 e. The smallest absolute Gasteiger partial charge is 0.223 e. The Morgan fingerprint density at radius 2 is 2.25 bits per heavy atom. The third-order valence-corrected chi connectivity index (χ3v) is 2.97. The molecule has 0 bridgehead atoms. The van der Waals surface area contributed by atoms with Crippen molar-refractivity contribution >= 4 is 5.95 Å². The molecule has 88 valence electrons. The molecule has 1 aliphatic heterocycles. The van der Waals surface area contributed by atoms with Gasteiger partial charge in [-0.25, -0.2) is 9.97 Å². The van der Waals surface area contributed by atoms with Crippen LogP contribution in [0.3, 0.4) is 0 Å². The van der Waals surface area contributed by atoms with Gasteiger partial charge in [-0.3, -0.25) is 0 Å². The highest BCUT2D eigenvalue weighted by molar-refractivity contribution is 5.26. The molecule has 0 aliphatic carbocycles. The fourth-order valence-corrected chi connectivity index (χ4v) is 1.91. The number of hydrogen-bond donors (Lipinski definition) is 2. The SMILES string of the molecule is CN1CCC(Nc2nccc(CN)n2)CC1. The second-order valence-corrected chi connectivity index (χ2v) is 4.30. The Morgan fingerprint density at radius 1 is 1.50 bits per heavy atom. The van der Waals surface area contributed by atoms with E-state index in [1.54, 1.807) is 6.20 Å². The average molecular weight is 221 g/mol. The summed E-state index contributed by atoms with van der Waals surface area (Å²) in [7, 11) is 2.15. The number of aromatic nitrogens is 2. The standard InChI is InChI=1S/C11H19N5/c1-16-6-3-9(4-7-16)14-11-13-5-2-10(8-12)15-11/h2,5,9H,3-4,6-8,12H2,1H3,(H,13,14,15). The molecule has 5 heteroatoms. The fourth-order valence-electron chi connectivity index (χ4n) is 1.91. The second kappa shape index (κ2) is 5.23. The molecule has 1 aromatic rings. The molecule has 3 N–H and O–H groups in total. The maximum atomic E-state index is 5.55. The van der Waals surface area contributed by atoms with Gasteiger partial charge >= 0.3 is 0 Å². The second-order valence-electron chi connectivity index (χ2n) is 4.30. The quantitative estimate of drug-likeness (QED) is 0.775. The van der Waals surface area contributed by atoms with E-state index in [1.165, 1.54) is 0 Å². The first-order valence-corrected chi connectivity index (χ1v) is 5.75. The normalized spacial score (nSPS) is 18.6. The van der Waals surface area contributed by atoms with Crippen LogP contribution in [0.4, 0.5) is 5.95 Å². The van der Waals surface area contributed by atoms with Crippen LogP contribution < -0.4 is 11.1 Å². The molecule has 1 aromatic heterocycles. The molecule has 0 amide bonds. The molecule has 0 spiro atoms. The van der Waals surface area contributed by atoms with Gasteiger partial charge in [0.25, 0.3) is 0 Å². The summed E-state index contributed by atoms with van der Waals surface area (Å²) >= 11 is 0. The van der Waals surface area contributed by atoms with Crippen molar-refractivity contribution in [3.63, 3.8) is 0 Å². The zero-order chi connectivity index (χ0) is 11.4. The zero-order valence-corrected chi connectivity index (χ0v) is 9.69. The number of nitrogens with two attached hydrogens (primary N) is 1. The van der Waals surface area contributed by atoms with Crippen LogP contribution in [-0.2, 0) is 6.54 Å². The molecule has 1 saturated heterocycles. The number of likely N-dealkylation sites (tertiary alicyclic amines) is 1. The van der Waals surface area contributed by atoms with E-state index in [0.29, 0.717) is 18.5 Å². The maximum Gasteiger partial charge on any atom is 0.223 e. The third-order valence-electron chi connectivity index (χ3n) is 2.97. The van der Waals surface area contributed by atoms with Crippen molar-refractivity contribution in [3.05, 3.63) is 18.0 Å². The molecule has 1 fully saturated rings. The Labute approximate surface area is 96.1 Å². The number of anilines is 1. The van der Waals surface area contributed by atoms with Crippen LogP contribution in [0.2, 0.25) is 0 Å². The summed E-state index contributed by atoms with van der Waals surface area (Å²) in [4.78, 5) is 10.9. The van der Waals surface area contributed by atoms with Gasteiger partial charge in [-0.05, 0) is 39.0 Å². The number of rotatable bonds is 3. The first-order valence-electron chi connectivity index (χ1n) is 5.75. The van der Waals surface area contributed by atoms with Crippen LogP contribution >= 0.6 is 0 Å². The summed E-state index contributed by atoms with van der Waals surface area (Å²) in [6.07, 6.45) is 4.05. The van der Waals surface area contributed by atoms with E-state index in [-0.39, 0.29) is 0 Å². The van der Waals surface area contributed by atoms with Crippen molar-refractivity contribution in [3.8, 4) is 0 Å². The Balaban J connectivity index is 1.93. The lowest BCUT2D eigenvalue weighted by Gasteiger charge is -2.29. The van der Waals surface area contributed by atoms with Crippen LogP contribution in [0, 0.1) is 0 Å². The van der Waals surface area contributed by atoms with Gasteiger partial charge in [0.05, 0.1) is 5.69 Å². The summed E-state index contributed by atoms with van der Waals surface area (Å²) < 4.78 is 0. The van der Waals surface area contributed by atoms with Crippen LogP contribution in [0.15, 0.2) is 12.3 Å². The first kappa shape index (κ1) is 11.3. The molecule has 0 saturated carbocycles. The minimum absolute atomic E-state index is 0.463. The molecular formula is C11H19N5. The van der Waals surface area contributed by atoms with Gasteiger partial charge in [-0.2, -0.15) is 0 Å². The fraction of sp³-hybridized carbons (Fsp3) is 0.636. The predicted octanol–water partition coefficient (Wildman–Crippen LogP) is 0.441. The monoisotopic (exact) mass is 221 g/mol. The molecule has 0 atom stereocenters. The van der Waals surface area contributed by atoms with E-state index < -0.39 is 0 Å². The van der Waals surface area contributed by atoms with E-state index in [1.807, 2.05) is 6.07 Å². The van der Waals surface area contributed by atoms with Crippen LogP contribution in [0.1, 0.15) is 18.5 Å². The van der Waals surface area contributed by atoms with Crippen molar-refractivity contribution in [2.75, 3.05) is 25.5 Å². The third kappa shape index (κ3) is 2.90. The topological polar surface area (TPSA) is 67.1 Å². The summed E-state index contributed by atoms with van der Waals surface area (Å²) in [6, 6.07) is 2.34. The van der Waals surface area contributed by atoms with Crippen LogP contribution in [0.5, 0.6) is 0 Å². The molecule has 0 radical (unpaired) electrons. The summed E-state index contributed by atoms with van der Waals surface area (Å²) in [5.74, 6) is 0.706. The Bertz CT molecular complexity index is 333. The molecule has 1 aliphatic rings. The van der Waals surface area contributed by atoms with Gasteiger partial charge in [0.2, 0.25) is 5.95 Å². The number of nitrogens with one attached hydrogen (secondary N) is 1.